The maximum Gasteiger partial charge on any atom is 0.119 e. The molecule has 0 fully saturated rings. The van der Waals surface area contributed by atoms with Gasteiger partial charge < -0.3 is 9.47 Å². The molecule has 0 saturated carbocycles. The van der Waals surface area contributed by atoms with Crippen molar-refractivity contribution in [2.24, 2.45) is 0 Å². The topological polar surface area (TPSA) is 18.5 Å². The molecule has 2 aromatic rings. The summed E-state index contributed by atoms with van der Waals surface area (Å²) >= 11 is 7.42. The van der Waals surface area contributed by atoms with Crippen LogP contribution in [-0.4, -0.2) is 17.0 Å². The Bertz CT molecular complexity index is 570. The third kappa shape index (κ3) is 6.62. The van der Waals surface area contributed by atoms with Crippen molar-refractivity contribution in [2.75, 3.05) is 13.2 Å². The molecule has 0 bridgehead atoms. The Morgan fingerprint density at radius 1 is 0.692 bits per heavy atom. The summed E-state index contributed by atoms with van der Waals surface area (Å²) in [6, 6.07) is 16.8. The van der Waals surface area contributed by atoms with E-state index >= 15 is 0 Å². The molecular formula is C22H28Br2O2. The first-order valence-corrected chi connectivity index (χ1v) is 11.2. The van der Waals surface area contributed by atoms with Crippen LogP contribution in [-0.2, 0) is 0 Å². The summed E-state index contributed by atoms with van der Waals surface area (Å²) in [6.45, 7) is 5.89. The highest BCUT2D eigenvalue weighted by atomic mass is 79.9. The predicted molar refractivity (Wildman–Crippen MR) is 117 cm³/mol. The van der Waals surface area contributed by atoms with E-state index in [0.717, 1.165) is 50.4 Å². The third-order valence-corrected chi connectivity index (χ3v) is 5.32. The maximum absolute atomic E-state index is 5.77. The van der Waals surface area contributed by atoms with E-state index in [9.17, 15) is 0 Å². The minimum atomic E-state index is 0.147. The lowest BCUT2D eigenvalue weighted by atomic mass is 9.93. The average molecular weight is 484 g/mol. The van der Waals surface area contributed by atoms with Crippen molar-refractivity contribution in [2.45, 2.75) is 49.2 Å². The van der Waals surface area contributed by atoms with Gasteiger partial charge in [0, 0.05) is 5.92 Å². The zero-order valence-electron chi connectivity index (χ0n) is 15.6. The van der Waals surface area contributed by atoms with Gasteiger partial charge in [-0.15, -0.1) is 0 Å². The Kier molecular flexibility index (Phi) is 9.55. The molecule has 0 aromatic heterocycles. The van der Waals surface area contributed by atoms with Gasteiger partial charge in [0.15, 0.2) is 0 Å². The Labute approximate surface area is 174 Å². The molecule has 0 saturated heterocycles. The van der Waals surface area contributed by atoms with Crippen molar-refractivity contribution < 1.29 is 9.47 Å². The standard InChI is InChI=1S/C22H28Br2O2/c1-3-5-15-25-19-11-7-17(8-12-19)21(22(23)24)18-9-13-20(14-10-18)26-16-6-4-2/h7-14,21-22H,3-6,15-16H2,1-2H3. The van der Waals surface area contributed by atoms with Crippen LogP contribution < -0.4 is 9.47 Å². The van der Waals surface area contributed by atoms with Gasteiger partial charge in [0.1, 0.15) is 11.5 Å². The average Bonchev–Trinajstić information content (AvgIpc) is 2.65. The van der Waals surface area contributed by atoms with E-state index in [1.54, 1.807) is 0 Å². The Hall–Kier alpha value is -1.00. The van der Waals surface area contributed by atoms with Gasteiger partial charge in [-0.05, 0) is 48.2 Å². The minimum Gasteiger partial charge on any atom is -0.494 e. The molecule has 0 atom stereocenters. The lowest BCUT2D eigenvalue weighted by Gasteiger charge is -2.20. The van der Waals surface area contributed by atoms with Crippen LogP contribution in [0.25, 0.3) is 0 Å². The molecule has 0 aliphatic carbocycles. The van der Waals surface area contributed by atoms with Gasteiger partial charge in [-0.2, -0.15) is 0 Å². The van der Waals surface area contributed by atoms with Gasteiger partial charge in [-0.25, -0.2) is 0 Å². The van der Waals surface area contributed by atoms with E-state index in [-0.39, 0.29) is 9.65 Å². The molecule has 4 heteroatoms. The summed E-state index contributed by atoms with van der Waals surface area (Å²) in [4.78, 5) is 0. The second kappa shape index (κ2) is 11.7. The minimum absolute atomic E-state index is 0.147. The summed E-state index contributed by atoms with van der Waals surface area (Å²) in [7, 11) is 0. The number of hydrogen-bond acceptors (Lipinski definition) is 2. The quantitative estimate of drug-likeness (QED) is 0.246. The summed E-state index contributed by atoms with van der Waals surface area (Å²) in [5.41, 5.74) is 2.48. The number of hydrogen-bond donors (Lipinski definition) is 0. The predicted octanol–water partition coefficient (Wildman–Crippen LogP) is 7.29. The largest absolute Gasteiger partial charge is 0.494 e. The van der Waals surface area contributed by atoms with Crippen molar-refractivity contribution in [1.82, 2.24) is 0 Å². The number of alkyl halides is 2. The second-order valence-electron chi connectivity index (χ2n) is 6.35. The molecule has 26 heavy (non-hydrogen) atoms. The molecule has 0 amide bonds. The van der Waals surface area contributed by atoms with Crippen LogP contribution in [0.1, 0.15) is 56.6 Å². The maximum atomic E-state index is 5.77. The number of ether oxygens (including phenoxy) is 2. The van der Waals surface area contributed by atoms with Gasteiger partial charge in [-0.3, -0.25) is 0 Å². The monoisotopic (exact) mass is 482 g/mol. The van der Waals surface area contributed by atoms with Gasteiger partial charge in [0.05, 0.1) is 17.0 Å². The molecule has 2 nitrogen and oxygen atoms in total. The lowest BCUT2D eigenvalue weighted by Crippen LogP contribution is -2.08. The molecule has 0 aliphatic heterocycles. The van der Waals surface area contributed by atoms with Crippen molar-refractivity contribution in [1.29, 1.82) is 0 Å². The molecular weight excluding hydrogens is 456 g/mol. The first-order chi connectivity index (χ1) is 12.7. The molecule has 0 radical (unpaired) electrons. The highest BCUT2D eigenvalue weighted by molar-refractivity contribution is 9.24. The van der Waals surface area contributed by atoms with Crippen LogP contribution in [0.3, 0.4) is 0 Å². The van der Waals surface area contributed by atoms with E-state index in [1.165, 1.54) is 11.1 Å². The van der Waals surface area contributed by atoms with Crippen LogP contribution in [0, 0.1) is 0 Å². The molecule has 142 valence electrons. The van der Waals surface area contributed by atoms with Crippen LogP contribution >= 0.6 is 31.9 Å². The van der Waals surface area contributed by atoms with E-state index in [0.29, 0.717) is 0 Å². The number of unbranched alkanes of at least 4 members (excludes halogenated alkanes) is 2. The zero-order chi connectivity index (χ0) is 18.8. The van der Waals surface area contributed by atoms with Gasteiger partial charge in [-0.1, -0.05) is 82.8 Å². The van der Waals surface area contributed by atoms with Crippen LogP contribution in [0.15, 0.2) is 48.5 Å². The molecule has 0 N–H and O–H groups in total. The third-order valence-electron chi connectivity index (χ3n) is 4.26. The Morgan fingerprint density at radius 2 is 1.08 bits per heavy atom. The summed E-state index contributed by atoms with van der Waals surface area (Å²) in [5, 5.41) is 0. The van der Waals surface area contributed by atoms with Crippen molar-refractivity contribution in [3.63, 3.8) is 0 Å². The first kappa shape index (κ1) is 21.3. The SMILES string of the molecule is CCCCOc1ccc(C(c2ccc(OCCCC)cc2)C(Br)Br)cc1. The highest BCUT2D eigenvalue weighted by Crippen LogP contribution is 2.36. The number of benzene rings is 2. The van der Waals surface area contributed by atoms with Gasteiger partial charge >= 0.3 is 0 Å². The molecule has 0 aliphatic rings. The van der Waals surface area contributed by atoms with Crippen molar-refractivity contribution in [3.8, 4) is 11.5 Å². The zero-order valence-corrected chi connectivity index (χ0v) is 18.8. The van der Waals surface area contributed by atoms with E-state index in [4.69, 9.17) is 9.47 Å². The van der Waals surface area contributed by atoms with Crippen LogP contribution in [0.5, 0.6) is 11.5 Å². The highest BCUT2D eigenvalue weighted by Gasteiger charge is 2.21. The summed E-state index contributed by atoms with van der Waals surface area (Å²) in [5.74, 6) is 2.08. The van der Waals surface area contributed by atoms with Gasteiger partial charge in [0.25, 0.3) is 0 Å². The Balaban J connectivity index is 2.08. The fourth-order valence-electron chi connectivity index (χ4n) is 2.69. The van der Waals surface area contributed by atoms with Crippen LogP contribution in [0.2, 0.25) is 0 Å². The van der Waals surface area contributed by atoms with Crippen molar-refractivity contribution >= 4 is 31.9 Å². The molecule has 0 spiro atoms. The summed E-state index contributed by atoms with van der Waals surface area (Å²) < 4.78 is 11.7. The lowest BCUT2D eigenvalue weighted by molar-refractivity contribution is 0.309. The van der Waals surface area contributed by atoms with Crippen LogP contribution in [0.4, 0.5) is 0 Å². The van der Waals surface area contributed by atoms with Gasteiger partial charge in [0.2, 0.25) is 0 Å². The normalized spacial score (nSPS) is 11.2. The smallest absolute Gasteiger partial charge is 0.119 e. The fourth-order valence-corrected chi connectivity index (χ4v) is 3.92. The molecule has 2 rings (SSSR count). The fraction of sp³-hybridized carbons (Fsp3) is 0.455. The molecule has 2 aromatic carbocycles. The van der Waals surface area contributed by atoms with E-state index in [1.807, 2.05) is 0 Å². The molecule has 0 heterocycles. The Morgan fingerprint density at radius 3 is 1.38 bits per heavy atom. The number of rotatable bonds is 11. The first-order valence-electron chi connectivity index (χ1n) is 9.39. The summed E-state index contributed by atoms with van der Waals surface area (Å²) in [6.07, 6.45) is 4.46. The second-order valence-corrected chi connectivity index (χ2v) is 9.56. The number of halogens is 2. The van der Waals surface area contributed by atoms with E-state index < -0.39 is 0 Å². The molecule has 0 unspecified atom stereocenters. The van der Waals surface area contributed by atoms with E-state index in [2.05, 4.69) is 94.2 Å². The van der Waals surface area contributed by atoms with Crippen molar-refractivity contribution in [3.05, 3.63) is 59.7 Å².